The van der Waals surface area contributed by atoms with Crippen LogP contribution in [0.1, 0.15) is 23.5 Å². The number of halogens is 6. The van der Waals surface area contributed by atoms with Gasteiger partial charge in [-0.2, -0.15) is 26.3 Å². The number of carboxylic acids is 2. The lowest BCUT2D eigenvalue weighted by Gasteiger charge is -2.09. The molecule has 1 fully saturated rings. The minimum atomic E-state index is -5.08. The Bertz CT molecular complexity index is 1650. The number of benzene rings is 2. The molecule has 6 N–H and O–H groups in total. The lowest BCUT2D eigenvalue weighted by Crippen LogP contribution is -2.21. The Morgan fingerprint density at radius 1 is 0.933 bits per heavy atom. The third-order valence-corrected chi connectivity index (χ3v) is 7.01. The highest BCUT2D eigenvalue weighted by molar-refractivity contribution is 7.90. The molecule has 0 aliphatic heterocycles. The van der Waals surface area contributed by atoms with Gasteiger partial charge in [-0.3, -0.25) is 10.2 Å². The van der Waals surface area contributed by atoms with E-state index in [4.69, 9.17) is 30.9 Å². The van der Waals surface area contributed by atoms with Crippen molar-refractivity contribution in [3.05, 3.63) is 78.0 Å². The van der Waals surface area contributed by atoms with E-state index in [1.54, 1.807) is 48.7 Å². The van der Waals surface area contributed by atoms with Crippen molar-refractivity contribution in [2.45, 2.75) is 29.6 Å². The van der Waals surface area contributed by atoms with Crippen LogP contribution in [0.15, 0.2) is 71.8 Å². The summed E-state index contributed by atoms with van der Waals surface area (Å²) in [6, 6.07) is 17.6. The van der Waals surface area contributed by atoms with Crippen LogP contribution >= 0.6 is 0 Å². The molecule has 1 aromatic heterocycles. The predicted octanol–water partition coefficient (Wildman–Crippen LogP) is 4.44. The summed E-state index contributed by atoms with van der Waals surface area (Å²) in [6.45, 7) is 0. The van der Waals surface area contributed by atoms with E-state index in [0.29, 0.717) is 22.5 Å². The van der Waals surface area contributed by atoms with E-state index >= 15 is 0 Å². The van der Waals surface area contributed by atoms with Gasteiger partial charge >= 0.3 is 24.3 Å². The third kappa shape index (κ3) is 10.9. The van der Waals surface area contributed by atoms with Crippen molar-refractivity contribution >= 4 is 39.3 Å². The quantitative estimate of drug-likeness (QED) is 0.144. The third-order valence-electron chi connectivity index (χ3n) is 5.85. The predicted molar refractivity (Wildman–Crippen MR) is 147 cm³/mol. The number of carboxylic acid groups (broad SMARTS) is 2. The Balaban J connectivity index is 0.000000421. The lowest BCUT2D eigenvalue weighted by molar-refractivity contribution is -0.193. The number of amides is 1. The molecule has 0 unspecified atom stereocenters. The summed E-state index contributed by atoms with van der Waals surface area (Å²) >= 11 is 0. The van der Waals surface area contributed by atoms with Gasteiger partial charge in [0.15, 0.2) is 9.84 Å². The Labute approximate surface area is 251 Å². The van der Waals surface area contributed by atoms with Crippen molar-refractivity contribution in [2.75, 3.05) is 11.6 Å². The van der Waals surface area contributed by atoms with E-state index in [1.807, 2.05) is 18.2 Å². The number of hydrogen-bond acceptors (Lipinski definition) is 7. The molecule has 0 saturated heterocycles. The fourth-order valence-corrected chi connectivity index (χ4v) is 4.58. The molecule has 1 aliphatic carbocycles. The van der Waals surface area contributed by atoms with Gasteiger partial charge in [-0.25, -0.2) is 23.0 Å². The Hall–Kier alpha value is -5.00. The van der Waals surface area contributed by atoms with Crippen LogP contribution in [0.3, 0.4) is 0 Å². The molecule has 18 heteroatoms. The molecule has 3 aromatic rings. The first-order valence-corrected chi connectivity index (χ1v) is 14.1. The number of aromatic nitrogens is 1. The molecule has 1 amide bonds. The number of nitrogens with one attached hydrogen (secondary N) is 2. The van der Waals surface area contributed by atoms with Crippen molar-refractivity contribution in [2.24, 2.45) is 11.7 Å². The first-order valence-electron chi connectivity index (χ1n) is 12.2. The molecule has 242 valence electrons. The zero-order chi connectivity index (χ0) is 34.3. The summed E-state index contributed by atoms with van der Waals surface area (Å²) in [4.78, 5) is 34.9. The van der Waals surface area contributed by atoms with Gasteiger partial charge in [0.2, 0.25) is 5.91 Å². The molecule has 11 nitrogen and oxygen atoms in total. The van der Waals surface area contributed by atoms with Gasteiger partial charge in [-0.15, -0.1) is 0 Å². The molecular weight excluding hydrogens is 638 g/mol. The standard InChI is InChI=1S/C23H22N4O3S.2C2HF3O2/c1-31(29,30)20-8-3-2-7-17(20)16-9-10-21(26-13-16)27-23(28)19-12-18(19)14-5-4-6-15(11-14)22(24)25;2*3-2(4,5)1(6)7/h2-11,13,18-19H,12H2,1H3,(H3,24,25)(H,26,27,28);2*(H,6,7)/t18-,19-;;/m1../s1. The van der Waals surface area contributed by atoms with E-state index in [2.05, 4.69) is 10.3 Å². The number of nitrogens with two attached hydrogens (primary N) is 1. The fourth-order valence-electron chi connectivity index (χ4n) is 3.66. The fraction of sp³-hybridized carbons (Fsp3) is 0.222. The van der Waals surface area contributed by atoms with E-state index in [9.17, 15) is 39.6 Å². The van der Waals surface area contributed by atoms with Crippen LogP contribution in [-0.4, -0.2) is 65.9 Å². The molecule has 45 heavy (non-hydrogen) atoms. The molecule has 1 saturated carbocycles. The maximum absolute atomic E-state index is 12.6. The summed E-state index contributed by atoms with van der Waals surface area (Å²) in [5.74, 6) is -5.27. The number of amidine groups is 1. The molecule has 0 bridgehead atoms. The van der Waals surface area contributed by atoms with Crippen LogP contribution in [0.5, 0.6) is 0 Å². The van der Waals surface area contributed by atoms with E-state index in [0.717, 1.165) is 12.0 Å². The van der Waals surface area contributed by atoms with E-state index in [-0.39, 0.29) is 28.5 Å². The number of sulfone groups is 1. The Morgan fingerprint density at radius 2 is 1.49 bits per heavy atom. The number of hydrogen-bond donors (Lipinski definition) is 5. The molecule has 1 aliphatic rings. The zero-order valence-electron chi connectivity index (χ0n) is 22.8. The maximum atomic E-state index is 12.6. The van der Waals surface area contributed by atoms with Crippen molar-refractivity contribution in [3.8, 4) is 11.1 Å². The minimum absolute atomic E-state index is 0.00485. The molecular formula is C27H24F6N4O7S. The summed E-state index contributed by atoms with van der Waals surface area (Å²) in [5, 5.41) is 24.6. The van der Waals surface area contributed by atoms with Crippen LogP contribution < -0.4 is 11.1 Å². The Kier molecular flexibility index (Phi) is 11.4. The van der Waals surface area contributed by atoms with E-state index in [1.165, 1.54) is 6.26 Å². The van der Waals surface area contributed by atoms with Crippen LogP contribution in [0, 0.1) is 11.3 Å². The smallest absolute Gasteiger partial charge is 0.475 e. The summed E-state index contributed by atoms with van der Waals surface area (Å²) in [6.07, 6.45) is -6.71. The average molecular weight is 663 g/mol. The average Bonchev–Trinajstić information content (AvgIpc) is 3.74. The number of nitrogens with zero attached hydrogens (tertiary/aromatic N) is 1. The lowest BCUT2D eigenvalue weighted by atomic mass is 10.0. The second-order valence-electron chi connectivity index (χ2n) is 9.28. The molecule has 0 radical (unpaired) electrons. The summed E-state index contributed by atoms with van der Waals surface area (Å²) in [5.41, 5.74) is 8.42. The molecule has 2 aromatic carbocycles. The zero-order valence-corrected chi connectivity index (χ0v) is 23.7. The SMILES string of the molecule is CS(=O)(=O)c1ccccc1-c1ccc(NC(=O)[C@@H]2C[C@@H]2c2cccc(C(=N)N)c2)nc1.O=C(O)C(F)(F)F.O=C(O)C(F)(F)F. The molecule has 0 spiro atoms. The number of alkyl halides is 6. The van der Waals surface area contributed by atoms with Crippen molar-refractivity contribution in [3.63, 3.8) is 0 Å². The Morgan fingerprint density at radius 3 is 1.96 bits per heavy atom. The normalized spacial score (nSPS) is 15.7. The van der Waals surface area contributed by atoms with Crippen molar-refractivity contribution in [1.29, 1.82) is 5.41 Å². The molecule has 1 heterocycles. The summed E-state index contributed by atoms with van der Waals surface area (Å²) < 4.78 is 87.5. The van der Waals surface area contributed by atoms with Gasteiger partial charge in [0.05, 0.1) is 4.90 Å². The van der Waals surface area contributed by atoms with Gasteiger partial charge < -0.3 is 21.3 Å². The highest BCUT2D eigenvalue weighted by Crippen LogP contribution is 2.48. The van der Waals surface area contributed by atoms with Gasteiger partial charge in [-0.05, 0) is 42.2 Å². The van der Waals surface area contributed by atoms with Crippen LogP contribution in [0.2, 0.25) is 0 Å². The van der Waals surface area contributed by atoms with Gasteiger partial charge in [-0.1, -0.05) is 36.4 Å². The number of pyridine rings is 1. The van der Waals surface area contributed by atoms with Crippen molar-refractivity contribution in [1.82, 2.24) is 4.98 Å². The van der Waals surface area contributed by atoms with Gasteiger partial charge in [0.25, 0.3) is 0 Å². The highest BCUT2D eigenvalue weighted by Gasteiger charge is 2.44. The molecule has 2 atom stereocenters. The number of nitrogen functional groups attached to an aromatic ring is 1. The first kappa shape index (κ1) is 36.2. The number of carbonyl (C=O) groups excluding carboxylic acids is 1. The number of aliphatic carboxylic acids is 2. The van der Waals surface area contributed by atoms with Crippen LogP contribution in [0.25, 0.3) is 11.1 Å². The van der Waals surface area contributed by atoms with Gasteiger partial charge in [0, 0.05) is 35.1 Å². The van der Waals surface area contributed by atoms with E-state index < -0.39 is 34.1 Å². The molecule has 4 rings (SSSR count). The monoisotopic (exact) mass is 662 g/mol. The summed E-state index contributed by atoms with van der Waals surface area (Å²) in [7, 11) is -3.37. The minimum Gasteiger partial charge on any atom is -0.475 e. The number of rotatable bonds is 6. The van der Waals surface area contributed by atoms with Gasteiger partial charge in [0.1, 0.15) is 11.7 Å². The largest absolute Gasteiger partial charge is 0.490 e. The highest BCUT2D eigenvalue weighted by atomic mass is 32.2. The van der Waals surface area contributed by atoms with Crippen LogP contribution in [-0.2, 0) is 24.2 Å². The number of anilines is 1. The second kappa shape index (κ2) is 14.2. The van der Waals surface area contributed by atoms with Crippen LogP contribution in [0.4, 0.5) is 32.2 Å². The topological polar surface area (TPSA) is 201 Å². The van der Waals surface area contributed by atoms with Crippen molar-refractivity contribution < 1.29 is 59.4 Å². The number of carbonyl (C=O) groups is 3. The second-order valence-corrected chi connectivity index (χ2v) is 11.3. The first-order chi connectivity index (χ1) is 20.6. The maximum Gasteiger partial charge on any atom is 0.490 e.